The molecular formula is C20H25N3O6S2. The first-order valence-electron chi connectivity index (χ1n) is 9.83. The van der Waals surface area contributed by atoms with E-state index in [1.54, 1.807) is 6.92 Å². The molecule has 0 spiro atoms. The van der Waals surface area contributed by atoms with Gasteiger partial charge in [0.1, 0.15) is 10.6 Å². The Labute approximate surface area is 185 Å². The minimum absolute atomic E-state index is 0.0333. The van der Waals surface area contributed by atoms with E-state index in [0.29, 0.717) is 18.8 Å². The second-order valence-electron chi connectivity index (χ2n) is 7.06. The van der Waals surface area contributed by atoms with Crippen molar-refractivity contribution in [2.75, 3.05) is 32.6 Å². The molecule has 168 valence electrons. The van der Waals surface area contributed by atoms with E-state index in [0.717, 1.165) is 37.0 Å². The van der Waals surface area contributed by atoms with Gasteiger partial charge in [0.15, 0.2) is 5.13 Å². The van der Waals surface area contributed by atoms with Crippen molar-refractivity contribution in [3.63, 3.8) is 0 Å². The van der Waals surface area contributed by atoms with Crippen LogP contribution in [0.5, 0.6) is 5.75 Å². The number of nitrogens with zero attached hydrogens (tertiary/aromatic N) is 2. The number of esters is 1. The third kappa shape index (κ3) is 5.05. The minimum atomic E-state index is -3.73. The first-order valence-corrected chi connectivity index (χ1v) is 12.1. The summed E-state index contributed by atoms with van der Waals surface area (Å²) in [7, 11) is -1.07. The Bertz CT molecular complexity index is 1070. The number of aryl methyl sites for hydroxylation is 1. The number of carbonyl (C=O) groups is 2. The van der Waals surface area contributed by atoms with Gasteiger partial charge in [-0.1, -0.05) is 24.2 Å². The molecule has 0 unspecified atom stereocenters. The van der Waals surface area contributed by atoms with E-state index in [1.807, 2.05) is 0 Å². The molecule has 31 heavy (non-hydrogen) atoms. The predicted octanol–water partition coefficient (Wildman–Crippen LogP) is 3.06. The SMILES string of the molecule is COC(=O)c1sc(NC(=O)c2cc(S(=O)(=O)N3CCCCCC3)ccc2OC)nc1C. The molecule has 2 heterocycles. The smallest absolute Gasteiger partial charge is 0.350 e. The molecule has 1 fully saturated rings. The number of hydrogen-bond acceptors (Lipinski definition) is 8. The number of rotatable bonds is 6. The van der Waals surface area contributed by atoms with Crippen molar-refractivity contribution in [1.82, 2.24) is 9.29 Å². The Hall–Kier alpha value is -2.50. The highest BCUT2D eigenvalue weighted by atomic mass is 32.2. The van der Waals surface area contributed by atoms with Crippen LogP contribution in [0, 0.1) is 6.92 Å². The van der Waals surface area contributed by atoms with Crippen molar-refractivity contribution < 1.29 is 27.5 Å². The number of aromatic nitrogens is 1. The van der Waals surface area contributed by atoms with Gasteiger partial charge < -0.3 is 9.47 Å². The van der Waals surface area contributed by atoms with Crippen LogP contribution in [-0.2, 0) is 14.8 Å². The fraction of sp³-hybridized carbons (Fsp3) is 0.450. The first kappa shape index (κ1) is 23.2. The molecule has 1 amide bonds. The molecular weight excluding hydrogens is 442 g/mol. The zero-order valence-electron chi connectivity index (χ0n) is 17.6. The molecule has 0 atom stereocenters. The van der Waals surface area contributed by atoms with Gasteiger partial charge in [0, 0.05) is 13.1 Å². The molecule has 9 nitrogen and oxygen atoms in total. The van der Waals surface area contributed by atoms with Gasteiger partial charge in [-0.2, -0.15) is 4.31 Å². The van der Waals surface area contributed by atoms with E-state index in [4.69, 9.17) is 9.47 Å². The molecule has 1 saturated heterocycles. The summed E-state index contributed by atoms with van der Waals surface area (Å²) < 4.78 is 37.7. The maximum atomic E-state index is 13.1. The zero-order valence-corrected chi connectivity index (χ0v) is 19.3. The molecule has 1 aromatic heterocycles. The molecule has 1 N–H and O–H groups in total. The van der Waals surface area contributed by atoms with Crippen molar-refractivity contribution in [2.45, 2.75) is 37.5 Å². The van der Waals surface area contributed by atoms with Crippen LogP contribution in [0.2, 0.25) is 0 Å². The van der Waals surface area contributed by atoms with E-state index < -0.39 is 21.9 Å². The van der Waals surface area contributed by atoms with Crippen molar-refractivity contribution in [3.8, 4) is 5.75 Å². The summed E-state index contributed by atoms with van der Waals surface area (Å²) in [6.45, 7) is 2.56. The zero-order chi connectivity index (χ0) is 22.6. The lowest BCUT2D eigenvalue weighted by Crippen LogP contribution is -2.32. The molecule has 1 aromatic carbocycles. The van der Waals surface area contributed by atoms with Crippen LogP contribution in [-0.4, -0.2) is 56.9 Å². The molecule has 0 aliphatic carbocycles. The lowest BCUT2D eigenvalue weighted by atomic mass is 10.2. The monoisotopic (exact) mass is 467 g/mol. The van der Waals surface area contributed by atoms with E-state index in [9.17, 15) is 18.0 Å². The number of benzene rings is 1. The average molecular weight is 468 g/mol. The van der Waals surface area contributed by atoms with Gasteiger partial charge in [-0.3, -0.25) is 10.1 Å². The highest BCUT2D eigenvalue weighted by molar-refractivity contribution is 7.89. The summed E-state index contributed by atoms with van der Waals surface area (Å²) in [5, 5.41) is 2.81. The van der Waals surface area contributed by atoms with Crippen molar-refractivity contribution in [3.05, 3.63) is 34.3 Å². The Kier molecular flexibility index (Phi) is 7.29. The maximum Gasteiger partial charge on any atom is 0.350 e. The summed E-state index contributed by atoms with van der Waals surface area (Å²) in [5.41, 5.74) is 0.488. The Balaban J connectivity index is 1.90. The largest absolute Gasteiger partial charge is 0.496 e. The number of nitrogens with one attached hydrogen (secondary N) is 1. The van der Waals surface area contributed by atoms with Gasteiger partial charge in [-0.05, 0) is 38.0 Å². The molecule has 2 aromatic rings. The molecule has 3 rings (SSSR count). The van der Waals surface area contributed by atoms with Crippen LogP contribution >= 0.6 is 11.3 Å². The third-order valence-corrected chi connectivity index (χ3v) is 7.95. The molecule has 11 heteroatoms. The number of ether oxygens (including phenoxy) is 2. The highest BCUT2D eigenvalue weighted by Gasteiger charge is 2.27. The normalized spacial score (nSPS) is 15.2. The van der Waals surface area contributed by atoms with Gasteiger partial charge >= 0.3 is 5.97 Å². The maximum absolute atomic E-state index is 13.1. The van der Waals surface area contributed by atoms with Gasteiger partial charge in [0.25, 0.3) is 5.91 Å². The summed E-state index contributed by atoms with van der Waals surface area (Å²) in [6, 6.07) is 4.22. The summed E-state index contributed by atoms with van der Waals surface area (Å²) in [4.78, 5) is 29.2. The Morgan fingerprint density at radius 3 is 2.42 bits per heavy atom. The van der Waals surface area contributed by atoms with Gasteiger partial charge in [0.2, 0.25) is 10.0 Å². The number of thiazole rings is 1. The van der Waals surface area contributed by atoms with Crippen LogP contribution in [0.15, 0.2) is 23.1 Å². The number of sulfonamides is 1. The molecule has 0 saturated carbocycles. The number of carbonyl (C=O) groups excluding carboxylic acids is 2. The Morgan fingerprint density at radius 2 is 1.81 bits per heavy atom. The van der Waals surface area contributed by atoms with E-state index in [2.05, 4.69) is 10.3 Å². The summed E-state index contributed by atoms with van der Waals surface area (Å²) in [5.74, 6) is -0.901. The second-order valence-corrected chi connectivity index (χ2v) is 10.00. The standard InChI is InChI=1S/C20H25N3O6S2/c1-13-17(19(25)29-3)30-20(21-13)22-18(24)15-12-14(8-9-16(15)28-2)31(26,27)23-10-6-4-5-7-11-23/h8-9,12H,4-7,10-11H2,1-3H3,(H,21,22,24). The second kappa shape index (κ2) is 9.75. The lowest BCUT2D eigenvalue weighted by Gasteiger charge is -2.20. The first-order chi connectivity index (χ1) is 14.8. The fourth-order valence-electron chi connectivity index (χ4n) is 3.35. The van der Waals surface area contributed by atoms with Crippen LogP contribution < -0.4 is 10.1 Å². The molecule has 1 aliphatic heterocycles. The average Bonchev–Trinajstić information content (AvgIpc) is 2.96. The van der Waals surface area contributed by atoms with Crippen molar-refractivity contribution in [2.24, 2.45) is 0 Å². The number of hydrogen-bond donors (Lipinski definition) is 1. The predicted molar refractivity (Wildman–Crippen MR) is 116 cm³/mol. The lowest BCUT2D eigenvalue weighted by molar-refractivity contribution is 0.0605. The quantitative estimate of drug-likeness (QED) is 0.649. The number of anilines is 1. The van der Waals surface area contributed by atoms with E-state index in [1.165, 1.54) is 36.7 Å². The molecule has 0 bridgehead atoms. The van der Waals surface area contributed by atoms with Crippen LogP contribution in [0.3, 0.4) is 0 Å². The summed E-state index contributed by atoms with van der Waals surface area (Å²) >= 11 is 0.979. The molecule has 1 aliphatic rings. The van der Waals surface area contributed by atoms with Crippen molar-refractivity contribution in [1.29, 1.82) is 0 Å². The number of amides is 1. The Morgan fingerprint density at radius 1 is 1.13 bits per heavy atom. The summed E-state index contributed by atoms with van der Waals surface area (Å²) in [6.07, 6.45) is 3.63. The van der Waals surface area contributed by atoms with Crippen LogP contribution in [0.4, 0.5) is 5.13 Å². The van der Waals surface area contributed by atoms with Gasteiger partial charge in [-0.15, -0.1) is 0 Å². The van der Waals surface area contributed by atoms with E-state index >= 15 is 0 Å². The number of methoxy groups -OCH3 is 2. The van der Waals surface area contributed by atoms with Gasteiger partial charge in [0.05, 0.1) is 30.4 Å². The minimum Gasteiger partial charge on any atom is -0.496 e. The molecule has 0 radical (unpaired) electrons. The third-order valence-electron chi connectivity index (χ3n) is 5.01. The van der Waals surface area contributed by atoms with Gasteiger partial charge in [-0.25, -0.2) is 18.2 Å². The van der Waals surface area contributed by atoms with Crippen LogP contribution in [0.25, 0.3) is 0 Å². The van der Waals surface area contributed by atoms with E-state index in [-0.39, 0.29) is 26.2 Å². The fourth-order valence-corrected chi connectivity index (χ4v) is 5.78. The topological polar surface area (TPSA) is 115 Å². The highest BCUT2D eigenvalue weighted by Crippen LogP contribution is 2.28. The van der Waals surface area contributed by atoms with Crippen molar-refractivity contribution >= 4 is 38.4 Å². The van der Waals surface area contributed by atoms with Crippen LogP contribution in [0.1, 0.15) is 51.4 Å².